The number of benzene rings is 1. The smallest absolute Gasteiger partial charge is 0.417 e. The van der Waals surface area contributed by atoms with Crippen LogP contribution < -0.4 is 4.74 Å². The van der Waals surface area contributed by atoms with Crippen molar-refractivity contribution in [3.05, 3.63) is 29.3 Å². The van der Waals surface area contributed by atoms with Crippen LogP contribution in [0, 0.1) is 11.3 Å². The van der Waals surface area contributed by atoms with Crippen LogP contribution in [0.15, 0.2) is 18.2 Å². The van der Waals surface area contributed by atoms with Gasteiger partial charge in [0.25, 0.3) is 0 Å². The number of hydrogen-bond donors (Lipinski definition) is 0. The van der Waals surface area contributed by atoms with Crippen molar-refractivity contribution < 1.29 is 35.5 Å². The van der Waals surface area contributed by atoms with E-state index in [0.29, 0.717) is 12.1 Å². The number of rotatable bonds is 4. The molecule has 0 aliphatic rings. The van der Waals surface area contributed by atoms with Crippen LogP contribution in [0.1, 0.15) is 11.1 Å². The Morgan fingerprint density at radius 1 is 1.15 bits per heavy atom. The Kier molecular flexibility index (Phi) is 4.47. The van der Waals surface area contributed by atoms with E-state index in [2.05, 4.69) is 4.74 Å². The zero-order valence-electron chi connectivity index (χ0n) is 9.52. The third kappa shape index (κ3) is 3.76. The summed E-state index contributed by atoms with van der Waals surface area (Å²) in [5.74, 6) is -5.16. The van der Waals surface area contributed by atoms with Crippen molar-refractivity contribution in [3.63, 3.8) is 0 Å². The number of nitrogens with zero attached hydrogens (tertiary/aromatic N) is 1. The summed E-state index contributed by atoms with van der Waals surface area (Å²) < 4.78 is 90.7. The molecular weight excluding hydrogens is 295 g/mol. The van der Waals surface area contributed by atoms with Gasteiger partial charge in [-0.3, -0.25) is 0 Å². The maximum atomic E-state index is 12.6. The van der Waals surface area contributed by atoms with E-state index < -0.39 is 42.0 Å². The van der Waals surface area contributed by atoms with Crippen LogP contribution in [-0.4, -0.2) is 19.0 Å². The van der Waals surface area contributed by atoms with Crippen molar-refractivity contribution in [1.82, 2.24) is 0 Å². The molecule has 0 unspecified atom stereocenters. The highest BCUT2D eigenvalue weighted by molar-refractivity contribution is 5.44. The van der Waals surface area contributed by atoms with E-state index in [1.54, 1.807) is 0 Å². The molecule has 0 saturated heterocycles. The van der Waals surface area contributed by atoms with Crippen molar-refractivity contribution in [2.45, 2.75) is 18.5 Å². The van der Waals surface area contributed by atoms with Gasteiger partial charge in [-0.15, -0.1) is 0 Å². The Bertz CT molecular complexity index is 518. The Hall–Kier alpha value is -1.98. The van der Waals surface area contributed by atoms with Crippen LogP contribution in [0.5, 0.6) is 5.75 Å². The summed E-state index contributed by atoms with van der Waals surface area (Å²) in [4.78, 5) is 0. The molecule has 1 rings (SSSR count). The fourth-order valence-corrected chi connectivity index (χ4v) is 1.19. The number of nitriles is 1. The lowest BCUT2D eigenvalue weighted by atomic mass is 10.1. The van der Waals surface area contributed by atoms with Gasteiger partial charge in [0.15, 0.2) is 6.61 Å². The second-order valence-electron chi connectivity index (χ2n) is 3.67. The minimum atomic E-state index is -4.89. The number of ether oxygens (including phenoxy) is 1. The molecule has 0 N–H and O–H groups in total. The number of halogens is 7. The first kappa shape index (κ1) is 16.1. The second kappa shape index (κ2) is 5.56. The van der Waals surface area contributed by atoms with E-state index in [-0.39, 0.29) is 0 Å². The Morgan fingerprint density at radius 2 is 1.75 bits per heavy atom. The van der Waals surface area contributed by atoms with Crippen LogP contribution >= 0.6 is 0 Å². The van der Waals surface area contributed by atoms with Crippen LogP contribution in [0.4, 0.5) is 30.7 Å². The summed E-state index contributed by atoms with van der Waals surface area (Å²) in [7, 11) is 0. The van der Waals surface area contributed by atoms with Crippen LogP contribution in [-0.2, 0) is 6.18 Å². The molecule has 0 radical (unpaired) electrons. The predicted molar refractivity (Wildman–Crippen MR) is 52.6 cm³/mol. The standard InChI is InChI=1S/C11H6F7NO/c12-9(13)10(14,15)5-20-7-2-1-6(4-19)8(3-7)11(16,17)18/h1-3,9H,5H2. The third-order valence-electron chi connectivity index (χ3n) is 2.17. The molecule has 0 atom stereocenters. The summed E-state index contributed by atoms with van der Waals surface area (Å²) in [6.07, 6.45) is -8.89. The summed E-state index contributed by atoms with van der Waals surface area (Å²) in [6.45, 7) is -1.77. The second-order valence-corrected chi connectivity index (χ2v) is 3.67. The summed E-state index contributed by atoms with van der Waals surface area (Å²) >= 11 is 0. The minimum absolute atomic E-state index is 0.306. The molecule has 1 aromatic rings. The summed E-state index contributed by atoms with van der Waals surface area (Å²) in [5, 5.41) is 8.49. The molecule has 0 spiro atoms. The fourth-order valence-electron chi connectivity index (χ4n) is 1.19. The van der Waals surface area contributed by atoms with Crippen molar-refractivity contribution >= 4 is 0 Å². The average Bonchev–Trinajstić information content (AvgIpc) is 2.35. The van der Waals surface area contributed by atoms with E-state index in [0.717, 1.165) is 6.07 Å². The molecule has 110 valence electrons. The predicted octanol–water partition coefficient (Wildman–Crippen LogP) is 3.86. The fraction of sp³-hybridized carbons (Fsp3) is 0.364. The lowest BCUT2D eigenvalue weighted by Gasteiger charge is -2.17. The zero-order chi connectivity index (χ0) is 15.6. The molecular formula is C11H6F7NO. The van der Waals surface area contributed by atoms with E-state index in [1.807, 2.05) is 0 Å². The number of hydrogen-bond acceptors (Lipinski definition) is 2. The molecule has 0 fully saturated rings. The van der Waals surface area contributed by atoms with Gasteiger partial charge in [0.05, 0.1) is 17.2 Å². The Labute approximate surface area is 108 Å². The molecule has 1 aromatic carbocycles. The largest absolute Gasteiger partial charge is 0.487 e. The molecule has 0 heterocycles. The third-order valence-corrected chi connectivity index (χ3v) is 2.17. The topological polar surface area (TPSA) is 33.0 Å². The molecule has 0 bridgehead atoms. The first-order chi connectivity index (χ1) is 9.08. The van der Waals surface area contributed by atoms with Crippen LogP contribution in [0.25, 0.3) is 0 Å². The Morgan fingerprint density at radius 3 is 2.20 bits per heavy atom. The highest BCUT2D eigenvalue weighted by Gasteiger charge is 2.42. The molecule has 2 nitrogen and oxygen atoms in total. The van der Waals surface area contributed by atoms with Gasteiger partial charge in [-0.2, -0.15) is 27.2 Å². The SMILES string of the molecule is N#Cc1ccc(OCC(F)(F)C(F)F)cc1C(F)(F)F. The Balaban J connectivity index is 2.97. The van der Waals surface area contributed by atoms with Crippen molar-refractivity contribution in [2.75, 3.05) is 6.61 Å². The van der Waals surface area contributed by atoms with Gasteiger partial charge in [-0.05, 0) is 18.2 Å². The molecule has 0 amide bonds. The first-order valence-corrected chi connectivity index (χ1v) is 4.98. The molecule has 0 aliphatic carbocycles. The molecule has 0 aromatic heterocycles. The van der Waals surface area contributed by atoms with Gasteiger partial charge in [0, 0.05) is 0 Å². The van der Waals surface area contributed by atoms with Crippen molar-refractivity contribution in [3.8, 4) is 11.8 Å². The van der Waals surface area contributed by atoms with Gasteiger partial charge in [-0.25, -0.2) is 8.78 Å². The maximum Gasteiger partial charge on any atom is 0.417 e. The monoisotopic (exact) mass is 301 g/mol. The summed E-state index contributed by atoms with van der Waals surface area (Å²) in [5.41, 5.74) is -2.12. The lowest BCUT2D eigenvalue weighted by Crippen LogP contribution is -2.33. The van der Waals surface area contributed by atoms with Gasteiger partial charge in [0.1, 0.15) is 5.75 Å². The average molecular weight is 301 g/mol. The quantitative estimate of drug-likeness (QED) is 0.791. The molecule has 9 heteroatoms. The van der Waals surface area contributed by atoms with Gasteiger partial charge in [0.2, 0.25) is 0 Å². The zero-order valence-corrected chi connectivity index (χ0v) is 9.52. The molecule has 0 saturated carbocycles. The van der Waals surface area contributed by atoms with Crippen LogP contribution in [0.2, 0.25) is 0 Å². The van der Waals surface area contributed by atoms with Gasteiger partial charge in [-0.1, -0.05) is 0 Å². The van der Waals surface area contributed by atoms with E-state index in [4.69, 9.17) is 5.26 Å². The van der Waals surface area contributed by atoms with Gasteiger partial charge < -0.3 is 4.74 Å². The highest BCUT2D eigenvalue weighted by Crippen LogP contribution is 2.34. The van der Waals surface area contributed by atoms with Crippen molar-refractivity contribution in [2.24, 2.45) is 0 Å². The minimum Gasteiger partial charge on any atom is -0.487 e. The number of alkyl halides is 7. The van der Waals surface area contributed by atoms with Crippen LogP contribution in [0.3, 0.4) is 0 Å². The lowest BCUT2D eigenvalue weighted by molar-refractivity contribution is -0.148. The highest BCUT2D eigenvalue weighted by atomic mass is 19.4. The first-order valence-electron chi connectivity index (χ1n) is 4.98. The van der Waals surface area contributed by atoms with Gasteiger partial charge >= 0.3 is 18.5 Å². The van der Waals surface area contributed by atoms with E-state index >= 15 is 0 Å². The molecule has 0 aliphatic heterocycles. The molecule has 20 heavy (non-hydrogen) atoms. The maximum absolute atomic E-state index is 12.6. The normalized spacial score (nSPS) is 12.3. The van der Waals surface area contributed by atoms with E-state index in [9.17, 15) is 30.7 Å². The summed E-state index contributed by atoms with van der Waals surface area (Å²) in [6, 6.07) is 3.10. The van der Waals surface area contributed by atoms with Crippen molar-refractivity contribution in [1.29, 1.82) is 5.26 Å². The van der Waals surface area contributed by atoms with E-state index in [1.165, 1.54) is 6.07 Å².